The molecule has 0 spiro atoms. The summed E-state index contributed by atoms with van der Waals surface area (Å²) >= 11 is 0. The lowest BCUT2D eigenvalue weighted by Crippen LogP contribution is -2.43. The SMILES string of the molecule is CC1(C)Cc2occc2CN(C2=NCC(c3ccccc3)N2)C1. The average Bonchev–Trinajstić information content (AvgIpc) is 3.15. The molecule has 0 saturated heterocycles. The second-order valence-electron chi connectivity index (χ2n) is 7.34. The third-order valence-electron chi connectivity index (χ3n) is 4.69. The molecule has 0 saturated carbocycles. The fourth-order valence-corrected chi connectivity index (χ4v) is 3.57. The summed E-state index contributed by atoms with van der Waals surface area (Å²) in [6.45, 7) is 7.23. The van der Waals surface area contributed by atoms with Gasteiger partial charge in [-0.3, -0.25) is 4.99 Å². The van der Waals surface area contributed by atoms with E-state index in [1.165, 1.54) is 11.1 Å². The van der Waals surface area contributed by atoms with Crippen molar-refractivity contribution in [3.05, 3.63) is 59.5 Å². The van der Waals surface area contributed by atoms with E-state index in [4.69, 9.17) is 9.41 Å². The summed E-state index contributed by atoms with van der Waals surface area (Å²) in [6.07, 6.45) is 2.78. The molecule has 1 unspecified atom stereocenters. The van der Waals surface area contributed by atoms with Gasteiger partial charge >= 0.3 is 0 Å². The Hall–Kier alpha value is -2.23. The molecule has 4 rings (SSSR count). The molecule has 1 aromatic carbocycles. The van der Waals surface area contributed by atoms with Crippen LogP contribution in [0, 0.1) is 5.41 Å². The van der Waals surface area contributed by atoms with Crippen molar-refractivity contribution in [3.8, 4) is 0 Å². The Balaban J connectivity index is 1.54. The lowest BCUT2D eigenvalue weighted by Gasteiger charge is -2.31. The smallest absolute Gasteiger partial charge is 0.194 e. The van der Waals surface area contributed by atoms with Crippen LogP contribution in [0.5, 0.6) is 0 Å². The van der Waals surface area contributed by atoms with Crippen molar-refractivity contribution in [2.75, 3.05) is 13.1 Å². The van der Waals surface area contributed by atoms with Gasteiger partial charge in [-0.2, -0.15) is 0 Å². The highest BCUT2D eigenvalue weighted by Gasteiger charge is 2.33. The summed E-state index contributed by atoms with van der Waals surface area (Å²) in [7, 11) is 0. The zero-order valence-corrected chi connectivity index (χ0v) is 13.7. The van der Waals surface area contributed by atoms with Gasteiger partial charge in [0, 0.05) is 25.1 Å². The molecule has 3 heterocycles. The number of guanidine groups is 1. The van der Waals surface area contributed by atoms with Gasteiger partial charge in [-0.15, -0.1) is 0 Å². The molecule has 23 heavy (non-hydrogen) atoms. The predicted molar refractivity (Wildman–Crippen MR) is 91.2 cm³/mol. The molecular formula is C19H23N3O. The van der Waals surface area contributed by atoms with Gasteiger partial charge in [-0.25, -0.2) is 0 Å². The molecule has 1 aromatic heterocycles. The van der Waals surface area contributed by atoms with Crippen LogP contribution in [0.4, 0.5) is 0 Å². The van der Waals surface area contributed by atoms with Gasteiger partial charge in [0.15, 0.2) is 5.96 Å². The van der Waals surface area contributed by atoms with E-state index in [2.05, 4.69) is 60.5 Å². The molecule has 2 aliphatic heterocycles. The first-order valence-electron chi connectivity index (χ1n) is 8.27. The van der Waals surface area contributed by atoms with E-state index in [0.29, 0.717) is 0 Å². The van der Waals surface area contributed by atoms with Crippen LogP contribution in [-0.4, -0.2) is 23.9 Å². The van der Waals surface area contributed by atoms with Crippen LogP contribution in [-0.2, 0) is 13.0 Å². The maximum Gasteiger partial charge on any atom is 0.194 e. The van der Waals surface area contributed by atoms with Crippen LogP contribution in [0.15, 0.2) is 52.1 Å². The molecule has 4 nitrogen and oxygen atoms in total. The molecule has 120 valence electrons. The zero-order valence-electron chi connectivity index (χ0n) is 13.7. The van der Waals surface area contributed by atoms with Crippen LogP contribution >= 0.6 is 0 Å². The number of hydrogen-bond acceptors (Lipinski definition) is 4. The van der Waals surface area contributed by atoms with E-state index in [1.807, 2.05) is 0 Å². The Kier molecular flexibility index (Phi) is 3.40. The van der Waals surface area contributed by atoms with Crippen molar-refractivity contribution in [3.63, 3.8) is 0 Å². The number of hydrogen-bond donors (Lipinski definition) is 1. The lowest BCUT2D eigenvalue weighted by atomic mass is 9.88. The minimum absolute atomic E-state index is 0.165. The fourth-order valence-electron chi connectivity index (χ4n) is 3.57. The second-order valence-corrected chi connectivity index (χ2v) is 7.34. The minimum Gasteiger partial charge on any atom is -0.469 e. The monoisotopic (exact) mass is 309 g/mol. The molecule has 0 bridgehead atoms. The maximum absolute atomic E-state index is 5.69. The third-order valence-corrected chi connectivity index (χ3v) is 4.69. The largest absolute Gasteiger partial charge is 0.469 e. The van der Waals surface area contributed by atoms with Gasteiger partial charge in [-0.1, -0.05) is 44.2 Å². The highest BCUT2D eigenvalue weighted by atomic mass is 16.3. The standard InChI is InChI=1S/C19H23N3O/c1-19(2)10-17-15(8-9-23-17)12-22(13-19)18-20-11-16(21-18)14-6-4-3-5-7-14/h3-9,16H,10-13H2,1-2H3,(H,20,21). The molecule has 2 aliphatic rings. The Morgan fingerprint density at radius 2 is 2.04 bits per heavy atom. The molecule has 0 aliphatic carbocycles. The number of aliphatic imine (C=N–C) groups is 1. The highest BCUT2D eigenvalue weighted by Crippen LogP contribution is 2.31. The summed E-state index contributed by atoms with van der Waals surface area (Å²) in [4.78, 5) is 7.15. The highest BCUT2D eigenvalue weighted by molar-refractivity contribution is 5.82. The van der Waals surface area contributed by atoms with Crippen LogP contribution in [0.3, 0.4) is 0 Å². The molecule has 1 atom stereocenters. The molecule has 4 heteroatoms. The summed E-state index contributed by atoms with van der Waals surface area (Å²) in [5.74, 6) is 2.14. The van der Waals surface area contributed by atoms with Crippen molar-refractivity contribution in [2.45, 2.75) is 32.9 Å². The Morgan fingerprint density at radius 1 is 1.22 bits per heavy atom. The van der Waals surface area contributed by atoms with Crippen LogP contribution in [0.25, 0.3) is 0 Å². The second kappa shape index (κ2) is 5.44. The number of fused-ring (bicyclic) bond motifs is 1. The first kappa shape index (κ1) is 14.4. The van der Waals surface area contributed by atoms with Crippen LogP contribution in [0.2, 0.25) is 0 Å². The number of rotatable bonds is 1. The van der Waals surface area contributed by atoms with Gasteiger partial charge in [0.05, 0.1) is 18.8 Å². The van der Waals surface area contributed by atoms with E-state index in [9.17, 15) is 0 Å². The van der Waals surface area contributed by atoms with E-state index in [1.54, 1.807) is 6.26 Å². The van der Waals surface area contributed by atoms with Gasteiger partial charge in [0.2, 0.25) is 0 Å². The molecular weight excluding hydrogens is 286 g/mol. The number of furan rings is 1. The molecule has 2 aromatic rings. The number of nitrogens with one attached hydrogen (secondary N) is 1. The van der Waals surface area contributed by atoms with Crippen LogP contribution in [0.1, 0.15) is 36.8 Å². The fraction of sp³-hybridized carbons (Fsp3) is 0.421. The maximum atomic E-state index is 5.69. The van der Waals surface area contributed by atoms with Gasteiger partial charge in [-0.05, 0) is 17.0 Å². The average molecular weight is 309 g/mol. The quantitative estimate of drug-likeness (QED) is 0.878. The molecule has 0 fully saturated rings. The van der Waals surface area contributed by atoms with E-state index >= 15 is 0 Å². The first-order chi connectivity index (χ1) is 11.1. The van der Waals surface area contributed by atoms with E-state index in [-0.39, 0.29) is 11.5 Å². The van der Waals surface area contributed by atoms with Crippen molar-refractivity contribution >= 4 is 5.96 Å². The summed E-state index contributed by atoms with van der Waals surface area (Å²) in [5.41, 5.74) is 2.74. The van der Waals surface area contributed by atoms with E-state index < -0.39 is 0 Å². The van der Waals surface area contributed by atoms with Gasteiger partial charge < -0.3 is 14.6 Å². The van der Waals surface area contributed by atoms with Crippen molar-refractivity contribution in [1.29, 1.82) is 0 Å². The molecule has 1 N–H and O–H groups in total. The number of nitrogens with zero attached hydrogens (tertiary/aromatic N) is 2. The van der Waals surface area contributed by atoms with E-state index in [0.717, 1.165) is 37.8 Å². The van der Waals surface area contributed by atoms with Crippen molar-refractivity contribution in [2.24, 2.45) is 10.4 Å². The predicted octanol–water partition coefficient (Wildman–Crippen LogP) is 3.36. The van der Waals surface area contributed by atoms with Gasteiger partial charge in [0.25, 0.3) is 0 Å². The summed E-state index contributed by atoms with van der Waals surface area (Å²) < 4.78 is 5.69. The third kappa shape index (κ3) is 2.85. The Bertz CT molecular complexity index is 717. The Labute approximate surface area is 137 Å². The normalized spacial score (nSPS) is 23.0. The molecule has 0 amide bonds. The first-order valence-corrected chi connectivity index (χ1v) is 8.27. The molecule has 0 radical (unpaired) electrons. The zero-order chi connectivity index (χ0) is 15.9. The van der Waals surface area contributed by atoms with Gasteiger partial charge in [0.1, 0.15) is 5.76 Å². The van der Waals surface area contributed by atoms with Crippen molar-refractivity contribution in [1.82, 2.24) is 10.2 Å². The van der Waals surface area contributed by atoms with Crippen LogP contribution < -0.4 is 5.32 Å². The topological polar surface area (TPSA) is 40.8 Å². The van der Waals surface area contributed by atoms with Crippen molar-refractivity contribution < 1.29 is 4.42 Å². The summed E-state index contributed by atoms with van der Waals surface area (Å²) in [5, 5.41) is 3.61. The number of benzene rings is 1. The summed E-state index contributed by atoms with van der Waals surface area (Å²) in [6, 6.07) is 12.9. The minimum atomic E-state index is 0.165. The lowest BCUT2D eigenvalue weighted by molar-refractivity contribution is 0.246. The Morgan fingerprint density at radius 3 is 2.87 bits per heavy atom.